The van der Waals surface area contributed by atoms with Gasteiger partial charge in [-0.15, -0.1) is 0 Å². The van der Waals surface area contributed by atoms with Crippen molar-refractivity contribution in [3.05, 3.63) is 231 Å². The fraction of sp³-hybridized carbons (Fsp3) is 0. The molecule has 0 atom stereocenters. The largest absolute Gasteiger partial charge is 0.456 e. The second-order valence-electron chi connectivity index (χ2n) is 16.5. The molecule has 0 fully saturated rings. The number of rotatable bonds is 7. The molecule has 0 spiro atoms. The Balaban J connectivity index is 0.942. The van der Waals surface area contributed by atoms with Crippen LogP contribution in [0.3, 0.4) is 0 Å². The van der Waals surface area contributed by atoms with Crippen molar-refractivity contribution in [2.75, 3.05) is 4.90 Å². The lowest BCUT2D eigenvalue weighted by Crippen LogP contribution is -2.10. The minimum atomic E-state index is 0.883. The van der Waals surface area contributed by atoms with Gasteiger partial charge in [-0.25, -0.2) is 0 Å². The van der Waals surface area contributed by atoms with Crippen molar-refractivity contribution < 1.29 is 8.83 Å². The van der Waals surface area contributed by atoms with Crippen molar-refractivity contribution in [2.45, 2.75) is 0 Å². The van der Waals surface area contributed by atoms with Crippen molar-refractivity contribution in [3.8, 4) is 39.1 Å². The first kappa shape index (κ1) is 36.1. The molecule has 0 saturated heterocycles. The number of furan rings is 2. The highest BCUT2D eigenvalue weighted by Crippen LogP contribution is 2.43. The molecule has 0 bridgehead atoms. The van der Waals surface area contributed by atoms with E-state index in [1.54, 1.807) is 0 Å². The topological polar surface area (TPSA) is 34.5 Å². The van der Waals surface area contributed by atoms with E-state index in [1.807, 2.05) is 18.2 Å². The summed E-state index contributed by atoms with van der Waals surface area (Å²) in [5, 5.41) is 6.93. The number of anilines is 3. The summed E-state index contributed by atoms with van der Waals surface area (Å²) in [4.78, 5) is 2.37. The maximum atomic E-state index is 6.52. The van der Waals surface area contributed by atoms with Gasteiger partial charge in [0, 0.05) is 60.6 Å². The molecule has 300 valence electrons. The fourth-order valence-electron chi connectivity index (χ4n) is 9.83. The quantitative estimate of drug-likeness (QED) is 0.161. The summed E-state index contributed by atoms with van der Waals surface area (Å²) < 4.78 is 15.2. The molecule has 13 rings (SSSR count). The number of nitrogens with zero attached hydrogens (tertiary/aromatic N) is 2. The minimum Gasteiger partial charge on any atom is -0.456 e. The summed E-state index contributed by atoms with van der Waals surface area (Å²) in [6, 6.07) is 82.2. The van der Waals surface area contributed by atoms with Crippen LogP contribution in [0.25, 0.3) is 105 Å². The van der Waals surface area contributed by atoms with Gasteiger partial charge < -0.3 is 18.3 Å². The highest BCUT2D eigenvalue weighted by atomic mass is 16.3. The monoisotopic (exact) mass is 818 g/mol. The van der Waals surface area contributed by atoms with Gasteiger partial charge in [-0.3, -0.25) is 0 Å². The third kappa shape index (κ3) is 5.77. The molecule has 0 amide bonds. The normalized spacial score (nSPS) is 11.8. The maximum absolute atomic E-state index is 6.52. The van der Waals surface area contributed by atoms with Crippen LogP contribution in [-0.4, -0.2) is 4.57 Å². The predicted molar refractivity (Wildman–Crippen MR) is 266 cm³/mol. The molecule has 3 heterocycles. The molecule has 0 aliphatic rings. The van der Waals surface area contributed by atoms with Gasteiger partial charge in [-0.1, -0.05) is 152 Å². The van der Waals surface area contributed by atoms with Gasteiger partial charge in [0.15, 0.2) is 0 Å². The van der Waals surface area contributed by atoms with E-state index in [9.17, 15) is 0 Å². The number of aromatic nitrogens is 1. The number of benzene rings is 10. The van der Waals surface area contributed by atoms with Gasteiger partial charge in [0.05, 0.1) is 11.0 Å². The summed E-state index contributed by atoms with van der Waals surface area (Å²) in [7, 11) is 0. The molecule has 0 saturated carbocycles. The van der Waals surface area contributed by atoms with Crippen molar-refractivity contribution in [3.63, 3.8) is 0 Å². The van der Waals surface area contributed by atoms with E-state index in [0.29, 0.717) is 0 Å². The van der Waals surface area contributed by atoms with Crippen LogP contribution in [0.5, 0.6) is 0 Å². The van der Waals surface area contributed by atoms with E-state index in [2.05, 4.69) is 222 Å². The van der Waals surface area contributed by atoms with E-state index < -0.39 is 0 Å². The van der Waals surface area contributed by atoms with E-state index >= 15 is 0 Å². The average Bonchev–Trinajstić information content (AvgIpc) is 4.04. The molecular weight excluding hydrogens is 781 g/mol. The molecule has 10 aromatic carbocycles. The number of hydrogen-bond acceptors (Lipinski definition) is 3. The summed E-state index contributed by atoms with van der Waals surface area (Å²) in [5.41, 5.74) is 17.0. The molecule has 0 aliphatic carbocycles. The SMILES string of the molecule is c1ccc(-c2cccc3c2oc2ccc(-c4ccc(N(c5ccc(-c6cccc7oc8ccccc8c67)cc5)c5ccc6c7ccccc7n(-c7ccccc7)c6c5)cc4)cc23)cc1. The van der Waals surface area contributed by atoms with Crippen molar-refractivity contribution >= 4 is 82.7 Å². The lowest BCUT2D eigenvalue weighted by atomic mass is 9.99. The Hall–Kier alpha value is -8.60. The molecule has 64 heavy (non-hydrogen) atoms. The Morgan fingerprint density at radius 2 is 0.891 bits per heavy atom. The van der Waals surface area contributed by atoms with Crippen LogP contribution in [-0.2, 0) is 0 Å². The van der Waals surface area contributed by atoms with Crippen LogP contribution in [0, 0.1) is 0 Å². The minimum absolute atomic E-state index is 0.883. The summed E-state index contributed by atoms with van der Waals surface area (Å²) in [5.74, 6) is 0. The average molecular weight is 819 g/mol. The molecule has 13 aromatic rings. The third-order valence-corrected chi connectivity index (χ3v) is 12.8. The first-order chi connectivity index (χ1) is 31.7. The second-order valence-corrected chi connectivity index (χ2v) is 16.5. The van der Waals surface area contributed by atoms with Crippen LogP contribution in [0.2, 0.25) is 0 Å². The maximum Gasteiger partial charge on any atom is 0.143 e. The molecule has 0 unspecified atom stereocenters. The Morgan fingerprint density at radius 3 is 1.70 bits per heavy atom. The van der Waals surface area contributed by atoms with Gasteiger partial charge in [0.25, 0.3) is 0 Å². The van der Waals surface area contributed by atoms with Crippen LogP contribution in [0.4, 0.5) is 17.1 Å². The molecule has 0 aliphatic heterocycles. The molecular formula is C60H38N2O2. The van der Waals surface area contributed by atoms with Crippen molar-refractivity contribution in [2.24, 2.45) is 0 Å². The van der Waals surface area contributed by atoms with Gasteiger partial charge in [0.1, 0.15) is 22.3 Å². The van der Waals surface area contributed by atoms with Gasteiger partial charge in [0.2, 0.25) is 0 Å². The predicted octanol–water partition coefficient (Wildman–Crippen LogP) is 17.1. The van der Waals surface area contributed by atoms with Gasteiger partial charge in [-0.05, 0) is 107 Å². The lowest BCUT2D eigenvalue weighted by molar-refractivity contribution is 0.669. The zero-order valence-corrected chi connectivity index (χ0v) is 34.7. The molecule has 4 nitrogen and oxygen atoms in total. The highest BCUT2D eigenvalue weighted by molar-refractivity contribution is 6.13. The van der Waals surface area contributed by atoms with Gasteiger partial charge in [-0.2, -0.15) is 0 Å². The zero-order chi connectivity index (χ0) is 42.1. The number of para-hydroxylation sites is 4. The highest BCUT2D eigenvalue weighted by Gasteiger charge is 2.20. The fourth-order valence-corrected chi connectivity index (χ4v) is 9.83. The second kappa shape index (κ2) is 14.5. The van der Waals surface area contributed by atoms with Crippen LogP contribution in [0.1, 0.15) is 0 Å². The first-order valence-electron chi connectivity index (χ1n) is 21.7. The van der Waals surface area contributed by atoms with E-state index in [0.717, 1.165) is 106 Å². The van der Waals surface area contributed by atoms with Crippen LogP contribution >= 0.6 is 0 Å². The zero-order valence-electron chi connectivity index (χ0n) is 34.7. The van der Waals surface area contributed by atoms with E-state index in [1.165, 1.54) is 16.3 Å². The van der Waals surface area contributed by atoms with Crippen LogP contribution < -0.4 is 4.90 Å². The van der Waals surface area contributed by atoms with Crippen molar-refractivity contribution in [1.82, 2.24) is 4.57 Å². The number of fused-ring (bicyclic) bond motifs is 9. The first-order valence-corrected chi connectivity index (χ1v) is 21.7. The van der Waals surface area contributed by atoms with Crippen molar-refractivity contribution in [1.29, 1.82) is 0 Å². The smallest absolute Gasteiger partial charge is 0.143 e. The summed E-state index contributed by atoms with van der Waals surface area (Å²) in [6.45, 7) is 0. The summed E-state index contributed by atoms with van der Waals surface area (Å²) in [6.07, 6.45) is 0. The Bertz CT molecular complexity index is 3880. The third-order valence-electron chi connectivity index (χ3n) is 12.8. The Morgan fingerprint density at radius 1 is 0.312 bits per heavy atom. The van der Waals surface area contributed by atoms with Gasteiger partial charge >= 0.3 is 0 Å². The molecule has 4 heteroatoms. The Kier molecular flexibility index (Phi) is 8.18. The van der Waals surface area contributed by atoms with Crippen LogP contribution in [0.15, 0.2) is 239 Å². The molecule has 0 N–H and O–H groups in total. The van der Waals surface area contributed by atoms with E-state index in [4.69, 9.17) is 8.83 Å². The lowest BCUT2D eigenvalue weighted by Gasteiger charge is -2.26. The number of hydrogen-bond donors (Lipinski definition) is 0. The summed E-state index contributed by atoms with van der Waals surface area (Å²) >= 11 is 0. The standard InChI is InChI=1S/C60H38N2O2/c1-3-13-40(14-4-1)48-20-11-21-51-53-37-42(29-36-57(53)64-60(48)51)39-25-30-44(31-26-39)61(45-32-27-41(28-33-45)47-19-12-24-58-59(47)52-18-8-10-23-56(52)63-58)46-34-35-50-49-17-7-9-22-54(49)62(55(50)38-46)43-15-5-2-6-16-43/h1-38H. The Labute approximate surface area is 369 Å². The van der Waals surface area contributed by atoms with E-state index in [-0.39, 0.29) is 0 Å². The molecule has 3 aromatic heterocycles. The molecule has 0 radical (unpaired) electrons.